The lowest BCUT2D eigenvalue weighted by atomic mass is 9.31. The SMILES string of the molecule is c1ccc(-c2ccccc2N2c3ccccc3B3c4c(cccc42)-c2cc4ccc5c6c(cc7ccc3c2c7c46)-c2cccc3c2B5c2ccccc2N3c2ccccc2-c2ccccc2)cc1. The van der Waals surface area contributed by atoms with Crippen molar-refractivity contribution in [2.45, 2.75) is 0 Å². The van der Waals surface area contributed by atoms with Crippen molar-refractivity contribution in [1.29, 1.82) is 0 Å². The largest absolute Gasteiger partial charge is 0.311 e. The van der Waals surface area contributed by atoms with Gasteiger partial charge >= 0.3 is 0 Å². The molecule has 0 fully saturated rings. The fourth-order valence-corrected chi connectivity index (χ4v) is 13.2. The second-order valence-electron chi connectivity index (χ2n) is 19.0. The Hall–Kier alpha value is -8.59. The number of anilines is 6. The number of benzene rings is 12. The minimum Gasteiger partial charge on any atom is -0.311 e. The van der Waals surface area contributed by atoms with Crippen LogP contribution in [-0.2, 0) is 0 Å². The van der Waals surface area contributed by atoms with E-state index in [1.165, 1.54) is 144 Å². The van der Waals surface area contributed by atoms with Crippen LogP contribution in [0.3, 0.4) is 0 Å². The highest BCUT2D eigenvalue weighted by molar-refractivity contribution is 7.02. The lowest BCUT2D eigenvalue weighted by molar-refractivity contribution is 1.29. The molecule has 0 saturated carbocycles. The van der Waals surface area contributed by atoms with Crippen molar-refractivity contribution in [3.63, 3.8) is 0 Å². The molecule has 4 heteroatoms. The number of hydrogen-bond acceptors (Lipinski definition) is 2. The van der Waals surface area contributed by atoms with Crippen molar-refractivity contribution >= 4 is 113 Å². The molecule has 0 unspecified atom stereocenters. The summed E-state index contributed by atoms with van der Waals surface area (Å²) < 4.78 is 0. The first-order chi connectivity index (χ1) is 33.8. The first-order valence-electron chi connectivity index (χ1n) is 23.9. The fourth-order valence-electron chi connectivity index (χ4n) is 13.2. The molecule has 16 rings (SSSR count). The third-order valence-corrected chi connectivity index (χ3v) is 15.8. The summed E-state index contributed by atoms with van der Waals surface area (Å²) in [6.07, 6.45) is 0. The monoisotopic (exact) mass is 856 g/mol. The molecule has 0 saturated heterocycles. The number of para-hydroxylation sites is 4. The van der Waals surface area contributed by atoms with E-state index in [1.54, 1.807) is 0 Å². The van der Waals surface area contributed by atoms with Gasteiger partial charge in [-0.05, 0) is 136 Å². The minimum absolute atomic E-state index is 0.0831. The van der Waals surface area contributed by atoms with Gasteiger partial charge in [-0.25, -0.2) is 0 Å². The Balaban J connectivity index is 0.955. The van der Waals surface area contributed by atoms with Gasteiger partial charge in [0, 0.05) is 33.9 Å². The molecule has 12 aromatic carbocycles. The molecular weight excluding hydrogens is 818 g/mol. The summed E-state index contributed by atoms with van der Waals surface area (Å²) in [5.41, 5.74) is 25.8. The molecule has 0 N–H and O–H groups in total. The van der Waals surface area contributed by atoms with Gasteiger partial charge in [0.15, 0.2) is 0 Å². The first kappa shape index (κ1) is 36.6. The quantitative estimate of drug-likeness (QED) is 0.129. The summed E-state index contributed by atoms with van der Waals surface area (Å²) in [6, 6.07) is 86.8. The van der Waals surface area contributed by atoms with Crippen LogP contribution in [0, 0.1) is 0 Å². The molecule has 310 valence electrons. The average Bonchev–Trinajstić information content (AvgIpc) is 3.41. The van der Waals surface area contributed by atoms with Crippen LogP contribution in [0.25, 0.3) is 76.8 Å². The predicted molar refractivity (Wildman–Crippen MR) is 291 cm³/mol. The Bertz CT molecular complexity index is 3860. The zero-order valence-electron chi connectivity index (χ0n) is 37.0. The van der Waals surface area contributed by atoms with Crippen LogP contribution in [0.5, 0.6) is 0 Å². The van der Waals surface area contributed by atoms with Gasteiger partial charge in [-0.3, -0.25) is 0 Å². The normalized spacial score (nSPS) is 13.5. The Morgan fingerprint density at radius 2 is 0.603 bits per heavy atom. The van der Waals surface area contributed by atoms with Gasteiger partial charge < -0.3 is 9.80 Å². The molecule has 4 aliphatic rings. The van der Waals surface area contributed by atoms with E-state index >= 15 is 0 Å². The maximum Gasteiger partial charge on any atom is 0.248 e. The lowest BCUT2D eigenvalue weighted by Gasteiger charge is -2.42. The Morgan fingerprint density at radius 1 is 0.235 bits per heavy atom. The number of fused-ring (bicyclic) bond motifs is 8. The molecule has 2 nitrogen and oxygen atoms in total. The third-order valence-electron chi connectivity index (χ3n) is 15.8. The number of nitrogens with zero attached hydrogens (tertiary/aromatic N) is 2. The second-order valence-corrected chi connectivity index (χ2v) is 19.0. The van der Waals surface area contributed by atoms with Gasteiger partial charge in [-0.15, -0.1) is 0 Å². The average molecular weight is 857 g/mol. The molecule has 0 spiro atoms. The van der Waals surface area contributed by atoms with Crippen molar-refractivity contribution in [3.8, 4) is 44.5 Å². The summed E-state index contributed by atoms with van der Waals surface area (Å²) in [5, 5.41) is 8.18. The summed E-state index contributed by atoms with van der Waals surface area (Å²) in [4.78, 5) is 5.07. The van der Waals surface area contributed by atoms with Gasteiger partial charge in [-0.1, -0.05) is 193 Å². The zero-order valence-corrected chi connectivity index (χ0v) is 37.0. The molecule has 0 atom stereocenters. The molecule has 0 aliphatic carbocycles. The molecule has 4 aliphatic heterocycles. The van der Waals surface area contributed by atoms with E-state index in [-0.39, 0.29) is 13.4 Å². The Kier molecular flexibility index (Phi) is 7.27. The van der Waals surface area contributed by atoms with E-state index in [0.717, 1.165) is 0 Å². The summed E-state index contributed by atoms with van der Waals surface area (Å²) in [6.45, 7) is 0.166. The van der Waals surface area contributed by atoms with Gasteiger partial charge in [0.1, 0.15) is 0 Å². The molecule has 0 radical (unpaired) electrons. The predicted octanol–water partition coefficient (Wildman–Crippen LogP) is 12.5. The van der Waals surface area contributed by atoms with Crippen molar-refractivity contribution in [2.24, 2.45) is 0 Å². The number of rotatable bonds is 4. The lowest BCUT2D eigenvalue weighted by Crippen LogP contribution is -2.59. The van der Waals surface area contributed by atoms with Crippen LogP contribution in [0.2, 0.25) is 0 Å². The van der Waals surface area contributed by atoms with Crippen molar-refractivity contribution < 1.29 is 0 Å². The van der Waals surface area contributed by atoms with Crippen LogP contribution in [-0.4, -0.2) is 13.4 Å². The van der Waals surface area contributed by atoms with Crippen LogP contribution in [0.1, 0.15) is 0 Å². The highest BCUT2D eigenvalue weighted by atomic mass is 15.2. The van der Waals surface area contributed by atoms with Crippen LogP contribution in [0.4, 0.5) is 34.1 Å². The number of hydrogen-bond donors (Lipinski definition) is 0. The van der Waals surface area contributed by atoms with Crippen molar-refractivity contribution in [3.05, 3.63) is 231 Å². The van der Waals surface area contributed by atoms with E-state index in [9.17, 15) is 0 Å². The first-order valence-corrected chi connectivity index (χ1v) is 23.9. The van der Waals surface area contributed by atoms with Crippen molar-refractivity contribution in [2.75, 3.05) is 9.80 Å². The molecule has 4 heterocycles. The van der Waals surface area contributed by atoms with Crippen LogP contribution >= 0.6 is 0 Å². The summed E-state index contributed by atoms with van der Waals surface area (Å²) in [7, 11) is 0. The van der Waals surface area contributed by atoms with Crippen LogP contribution < -0.4 is 42.6 Å². The highest BCUT2D eigenvalue weighted by Gasteiger charge is 2.44. The van der Waals surface area contributed by atoms with E-state index in [1.807, 2.05) is 0 Å². The minimum atomic E-state index is 0.0831. The Labute approximate surface area is 395 Å². The Morgan fingerprint density at radius 3 is 1.06 bits per heavy atom. The highest BCUT2D eigenvalue weighted by Crippen LogP contribution is 2.50. The van der Waals surface area contributed by atoms with Gasteiger partial charge in [0.05, 0.1) is 11.4 Å². The standard InChI is InChI=1S/C64H38B2N2/c1-3-17-39(18-4-1)43-21-7-11-27-53(43)67-55-29-13-9-25-49(55)65-51-35-33-42-38-48-46-24-16-32-58-64(46)66(50-26-10-14-30-56(50)68(58)54-28-12-8-22-44(54)40-19-5-2-6-20-40)52-36-34-41-37-47(45-23-15-31-57(67)63(45)65)61(51)59(42)60(41)62(48)52/h1-38H. The maximum absolute atomic E-state index is 2.54. The van der Waals surface area contributed by atoms with Gasteiger partial charge in [0.2, 0.25) is 13.4 Å². The molecule has 68 heavy (non-hydrogen) atoms. The van der Waals surface area contributed by atoms with Crippen molar-refractivity contribution in [1.82, 2.24) is 0 Å². The van der Waals surface area contributed by atoms with E-state index in [0.29, 0.717) is 0 Å². The molecule has 0 aromatic heterocycles. The van der Waals surface area contributed by atoms with Gasteiger partial charge in [-0.2, -0.15) is 0 Å². The molecule has 0 bridgehead atoms. The summed E-state index contributed by atoms with van der Waals surface area (Å²) in [5.74, 6) is 0. The van der Waals surface area contributed by atoms with E-state index in [2.05, 4.69) is 240 Å². The maximum atomic E-state index is 2.54. The molecular formula is C64H38B2N2. The van der Waals surface area contributed by atoms with Crippen LogP contribution in [0.15, 0.2) is 231 Å². The second kappa shape index (κ2) is 13.5. The topological polar surface area (TPSA) is 6.48 Å². The summed E-state index contributed by atoms with van der Waals surface area (Å²) >= 11 is 0. The molecule has 12 aromatic rings. The van der Waals surface area contributed by atoms with E-state index < -0.39 is 0 Å². The smallest absolute Gasteiger partial charge is 0.248 e. The zero-order chi connectivity index (χ0) is 44.2. The molecule has 0 amide bonds. The van der Waals surface area contributed by atoms with E-state index in [4.69, 9.17) is 0 Å². The third kappa shape index (κ3) is 4.69. The fraction of sp³-hybridized carbons (Fsp3) is 0. The van der Waals surface area contributed by atoms with Gasteiger partial charge in [0.25, 0.3) is 0 Å².